The maximum absolute atomic E-state index is 12.5. The van der Waals surface area contributed by atoms with Crippen molar-refractivity contribution in [3.05, 3.63) is 71.8 Å². The molecule has 0 saturated carbocycles. The molecule has 2 aromatic carbocycles. The molecule has 0 aromatic heterocycles. The Labute approximate surface area is 153 Å². The predicted octanol–water partition coefficient (Wildman–Crippen LogP) is 2.48. The van der Waals surface area contributed by atoms with Crippen LogP contribution in [0.25, 0.3) is 0 Å². The first-order valence-electron chi connectivity index (χ1n) is 8.50. The molecule has 1 atom stereocenters. The Bertz CT molecular complexity index is 730. The zero-order valence-corrected chi connectivity index (χ0v) is 14.8. The minimum atomic E-state index is -1.40. The summed E-state index contributed by atoms with van der Waals surface area (Å²) in [4.78, 5) is 36.2. The van der Waals surface area contributed by atoms with E-state index in [4.69, 9.17) is 4.74 Å². The van der Waals surface area contributed by atoms with Crippen LogP contribution in [0, 0.1) is 0 Å². The SMILES string of the molecule is COC(=O)C(CC=O)(Cc1ccccc1)NC(=O)CCc1ccccc1. The van der Waals surface area contributed by atoms with Crippen molar-refractivity contribution in [1.29, 1.82) is 0 Å². The molecule has 1 N–H and O–H groups in total. The van der Waals surface area contributed by atoms with Gasteiger partial charge in [0.1, 0.15) is 11.8 Å². The third-order valence-corrected chi connectivity index (χ3v) is 4.22. The van der Waals surface area contributed by atoms with Gasteiger partial charge in [0, 0.05) is 19.3 Å². The fourth-order valence-electron chi connectivity index (χ4n) is 2.89. The zero-order chi connectivity index (χ0) is 18.8. The van der Waals surface area contributed by atoms with Crippen LogP contribution in [-0.4, -0.2) is 30.8 Å². The number of benzene rings is 2. The van der Waals surface area contributed by atoms with Crippen LogP contribution in [0.1, 0.15) is 24.0 Å². The fraction of sp³-hybridized carbons (Fsp3) is 0.286. The van der Waals surface area contributed by atoms with E-state index in [0.29, 0.717) is 12.7 Å². The van der Waals surface area contributed by atoms with Gasteiger partial charge in [-0.25, -0.2) is 4.79 Å². The summed E-state index contributed by atoms with van der Waals surface area (Å²) in [5, 5.41) is 2.76. The van der Waals surface area contributed by atoms with E-state index in [2.05, 4.69) is 5.32 Å². The number of aldehydes is 1. The van der Waals surface area contributed by atoms with Crippen LogP contribution in [0.5, 0.6) is 0 Å². The molecule has 0 spiro atoms. The topological polar surface area (TPSA) is 72.5 Å². The van der Waals surface area contributed by atoms with E-state index in [1.54, 1.807) is 0 Å². The Morgan fingerprint density at radius 3 is 2.12 bits per heavy atom. The maximum Gasteiger partial charge on any atom is 0.332 e. The molecule has 1 amide bonds. The lowest BCUT2D eigenvalue weighted by Gasteiger charge is -2.30. The number of carbonyl (C=O) groups excluding carboxylic acids is 3. The number of nitrogens with one attached hydrogen (secondary N) is 1. The molecule has 5 nitrogen and oxygen atoms in total. The molecule has 0 fully saturated rings. The summed E-state index contributed by atoms with van der Waals surface area (Å²) in [6.07, 6.45) is 1.45. The molecule has 0 aliphatic rings. The molecule has 0 aliphatic carbocycles. The highest BCUT2D eigenvalue weighted by molar-refractivity contribution is 5.90. The Balaban J connectivity index is 2.15. The van der Waals surface area contributed by atoms with Gasteiger partial charge in [0.05, 0.1) is 7.11 Å². The predicted molar refractivity (Wildman–Crippen MR) is 98.5 cm³/mol. The summed E-state index contributed by atoms with van der Waals surface area (Å²) in [6, 6.07) is 18.9. The van der Waals surface area contributed by atoms with Gasteiger partial charge in [-0.3, -0.25) is 4.79 Å². The van der Waals surface area contributed by atoms with Crippen LogP contribution < -0.4 is 5.32 Å². The molecule has 1 unspecified atom stereocenters. The third-order valence-electron chi connectivity index (χ3n) is 4.22. The van der Waals surface area contributed by atoms with Crippen LogP contribution >= 0.6 is 0 Å². The summed E-state index contributed by atoms with van der Waals surface area (Å²) in [6.45, 7) is 0. The van der Waals surface area contributed by atoms with Gasteiger partial charge in [0.2, 0.25) is 5.91 Å². The van der Waals surface area contributed by atoms with Crippen LogP contribution in [0.2, 0.25) is 0 Å². The normalized spacial score (nSPS) is 12.7. The van der Waals surface area contributed by atoms with E-state index >= 15 is 0 Å². The van der Waals surface area contributed by atoms with E-state index in [1.165, 1.54) is 7.11 Å². The molecule has 2 rings (SSSR count). The highest BCUT2D eigenvalue weighted by Gasteiger charge is 2.41. The van der Waals surface area contributed by atoms with E-state index in [-0.39, 0.29) is 25.2 Å². The summed E-state index contributed by atoms with van der Waals surface area (Å²) in [5.41, 5.74) is 0.471. The number of amides is 1. The quantitative estimate of drug-likeness (QED) is 0.555. The van der Waals surface area contributed by atoms with E-state index < -0.39 is 11.5 Å². The number of methoxy groups -OCH3 is 1. The number of esters is 1. The Morgan fingerprint density at radius 1 is 1.00 bits per heavy atom. The second-order valence-electron chi connectivity index (χ2n) is 6.14. The minimum absolute atomic E-state index is 0.147. The van der Waals surface area contributed by atoms with Gasteiger partial charge in [0.25, 0.3) is 0 Å². The number of ether oxygens (including phenoxy) is 1. The minimum Gasteiger partial charge on any atom is -0.467 e. The van der Waals surface area contributed by atoms with Crippen molar-refractivity contribution in [3.8, 4) is 0 Å². The molecule has 0 saturated heterocycles. The van der Waals surface area contributed by atoms with Gasteiger partial charge in [-0.05, 0) is 17.5 Å². The highest BCUT2D eigenvalue weighted by atomic mass is 16.5. The number of carbonyl (C=O) groups is 3. The van der Waals surface area contributed by atoms with E-state index in [9.17, 15) is 14.4 Å². The van der Waals surface area contributed by atoms with Gasteiger partial charge in [-0.15, -0.1) is 0 Å². The molecule has 0 radical (unpaired) electrons. The molecule has 26 heavy (non-hydrogen) atoms. The number of aryl methyl sites for hydroxylation is 1. The third kappa shape index (κ3) is 5.28. The average Bonchev–Trinajstić information content (AvgIpc) is 2.67. The van der Waals surface area contributed by atoms with Crippen molar-refractivity contribution >= 4 is 18.2 Å². The Kier molecular flexibility index (Phi) is 7.09. The first kappa shape index (κ1) is 19.4. The molecular weight excluding hydrogens is 330 g/mol. The number of rotatable bonds is 9. The molecule has 5 heteroatoms. The van der Waals surface area contributed by atoms with Crippen molar-refractivity contribution in [2.75, 3.05) is 7.11 Å². The largest absolute Gasteiger partial charge is 0.467 e. The second kappa shape index (κ2) is 9.51. The fourth-order valence-corrected chi connectivity index (χ4v) is 2.89. The van der Waals surface area contributed by atoms with Crippen molar-refractivity contribution < 1.29 is 19.1 Å². The Morgan fingerprint density at radius 2 is 1.58 bits per heavy atom. The Hall–Kier alpha value is -2.95. The van der Waals surface area contributed by atoms with Gasteiger partial charge < -0.3 is 14.8 Å². The first-order chi connectivity index (χ1) is 12.6. The smallest absolute Gasteiger partial charge is 0.332 e. The van der Waals surface area contributed by atoms with Gasteiger partial charge in [-0.1, -0.05) is 60.7 Å². The molecule has 136 valence electrons. The zero-order valence-electron chi connectivity index (χ0n) is 14.8. The van der Waals surface area contributed by atoms with Crippen LogP contribution in [0.15, 0.2) is 60.7 Å². The molecule has 0 bridgehead atoms. The molecular formula is C21H23NO4. The highest BCUT2D eigenvalue weighted by Crippen LogP contribution is 2.19. The monoisotopic (exact) mass is 353 g/mol. The molecule has 2 aromatic rings. The van der Waals surface area contributed by atoms with Crippen molar-refractivity contribution in [2.24, 2.45) is 0 Å². The lowest BCUT2D eigenvalue weighted by molar-refractivity contribution is -0.152. The first-order valence-corrected chi connectivity index (χ1v) is 8.50. The van der Waals surface area contributed by atoms with Gasteiger partial charge in [0.15, 0.2) is 0 Å². The number of hydrogen-bond acceptors (Lipinski definition) is 4. The van der Waals surface area contributed by atoms with Crippen LogP contribution in [0.3, 0.4) is 0 Å². The maximum atomic E-state index is 12.5. The van der Waals surface area contributed by atoms with Crippen molar-refractivity contribution in [2.45, 2.75) is 31.2 Å². The van der Waals surface area contributed by atoms with Crippen molar-refractivity contribution in [1.82, 2.24) is 5.32 Å². The molecule has 0 heterocycles. The standard InChI is InChI=1S/C21H23NO4/c1-26-20(25)21(14-15-23,16-18-10-6-3-7-11-18)22-19(24)13-12-17-8-4-2-5-9-17/h2-11,15H,12-14,16H2,1H3,(H,22,24). The van der Waals surface area contributed by atoms with Gasteiger partial charge in [-0.2, -0.15) is 0 Å². The van der Waals surface area contributed by atoms with E-state index in [0.717, 1.165) is 11.1 Å². The number of hydrogen-bond donors (Lipinski definition) is 1. The summed E-state index contributed by atoms with van der Waals surface area (Å²) in [7, 11) is 1.25. The lowest BCUT2D eigenvalue weighted by Crippen LogP contribution is -2.57. The summed E-state index contributed by atoms with van der Waals surface area (Å²) >= 11 is 0. The van der Waals surface area contributed by atoms with Crippen molar-refractivity contribution in [3.63, 3.8) is 0 Å². The second-order valence-corrected chi connectivity index (χ2v) is 6.14. The lowest BCUT2D eigenvalue weighted by atomic mass is 9.87. The van der Waals surface area contributed by atoms with Gasteiger partial charge >= 0.3 is 5.97 Å². The van der Waals surface area contributed by atoms with Crippen LogP contribution in [0.4, 0.5) is 0 Å². The summed E-state index contributed by atoms with van der Waals surface area (Å²) < 4.78 is 4.89. The van der Waals surface area contributed by atoms with Crippen LogP contribution in [-0.2, 0) is 32.0 Å². The average molecular weight is 353 g/mol. The molecule has 0 aliphatic heterocycles. The summed E-state index contributed by atoms with van der Waals surface area (Å²) in [5.74, 6) is -0.918. The van der Waals surface area contributed by atoms with E-state index in [1.807, 2.05) is 60.7 Å².